The molecule has 1 heteroatoms. The topological polar surface area (TPSA) is 9.23 Å². The molecule has 1 aliphatic carbocycles. The van der Waals surface area contributed by atoms with E-state index in [1.165, 1.54) is 19.3 Å². The van der Waals surface area contributed by atoms with Gasteiger partial charge in [0, 0.05) is 6.42 Å². The van der Waals surface area contributed by atoms with E-state index in [1.807, 2.05) is 13.8 Å². The Hall–Kier alpha value is -0.0400. The molecule has 2 heterocycles. The highest BCUT2D eigenvalue weighted by molar-refractivity contribution is 4.97. The largest absolute Gasteiger partial charge is 0.372 e. The smallest absolute Gasteiger partial charge is 0.0683 e. The summed E-state index contributed by atoms with van der Waals surface area (Å²) in [5, 5.41) is 0. The van der Waals surface area contributed by atoms with Gasteiger partial charge in [0.2, 0.25) is 0 Å². The molecule has 0 radical (unpaired) electrons. The molecule has 0 aromatic heterocycles. The van der Waals surface area contributed by atoms with Gasteiger partial charge in [-0.05, 0) is 25.7 Å². The average Bonchev–Trinajstić information content (AvgIpc) is 1.97. The number of ether oxygens (including phenoxy) is 1. The van der Waals surface area contributed by atoms with Gasteiger partial charge in [-0.15, -0.1) is 0 Å². The van der Waals surface area contributed by atoms with Gasteiger partial charge in [0.15, 0.2) is 0 Å². The predicted octanol–water partition coefficient (Wildman–Crippen LogP) is 2.99. The molecule has 1 nitrogen and oxygen atoms in total. The van der Waals surface area contributed by atoms with Crippen LogP contribution in [0.5, 0.6) is 0 Å². The van der Waals surface area contributed by atoms with Gasteiger partial charge < -0.3 is 4.74 Å². The third kappa shape index (κ3) is 1.58. The number of hydrogen-bond acceptors (Lipinski definition) is 1. The van der Waals surface area contributed by atoms with Crippen molar-refractivity contribution in [1.29, 1.82) is 0 Å². The Morgan fingerprint density at radius 1 is 1.36 bits per heavy atom. The molecule has 3 unspecified atom stereocenters. The van der Waals surface area contributed by atoms with Crippen molar-refractivity contribution in [3.63, 3.8) is 0 Å². The molecule has 3 fully saturated rings. The normalized spacial score (nSPS) is 46.9. The molecule has 1 saturated carbocycles. The molecule has 66 valence electrons. The molecule has 2 bridgehead atoms. The Bertz CT molecular complexity index is 119. The van der Waals surface area contributed by atoms with Crippen LogP contribution in [0.25, 0.3) is 0 Å². The number of fused-ring (bicyclic) bond motifs is 2. The number of hydrogen-bond donors (Lipinski definition) is 0. The van der Waals surface area contributed by atoms with Crippen LogP contribution in [-0.4, -0.2) is 11.7 Å². The Morgan fingerprint density at radius 3 is 2.18 bits per heavy atom. The standard InChI is InChI=1S/C8H14O.C2H6/c1-6-3-4-8(2)5-7(6)9-8;1-2/h6-7H,3-5H2,1-2H3;1-2H3. The quantitative estimate of drug-likeness (QED) is 0.524. The summed E-state index contributed by atoms with van der Waals surface area (Å²) in [6.07, 6.45) is 4.59. The first-order valence-electron chi connectivity index (χ1n) is 4.87. The molecule has 0 aromatic rings. The lowest BCUT2D eigenvalue weighted by molar-refractivity contribution is -0.245. The van der Waals surface area contributed by atoms with Crippen molar-refractivity contribution in [2.75, 3.05) is 0 Å². The molecule has 11 heavy (non-hydrogen) atoms. The summed E-state index contributed by atoms with van der Waals surface area (Å²) >= 11 is 0. The van der Waals surface area contributed by atoms with Crippen LogP contribution in [0.2, 0.25) is 0 Å². The fourth-order valence-electron chi connectivity index (χ4n) is 1.98. The molecule has 0 spiro atoms. The molecular formula is C10H20O. The molecule has 3 atom stereocenters. The van der Waals surface area contributed by atoms with E-state index in [9.17, 15) is 0 Å². The van der Waals surface area contributed by atoms with E-state index >= 15 is 0 Å². The monoisotopic (exact) mass is 156 g/mol. The van der Waals surface area contributed by atoms with E-state index in [-0.39, 0.29) is 0 Å². The lowest BCUT2D eigenvalue weighted by Crippen LogP contribution is -2.55. The lowest BCUT2D eigenvalue weighted by atomic mass is 9.73. The fraction of sp³-hybridized carbons (Fsp3) is 1.00. The van der Waals surface area contributed by atoms with E-state index in [4.69, 9.17) is 4.74 Å². The second-order valence-corrected chi connectivity index (χ2v) is 3.83. The maximum atomic E-state index is 5.67. The first-order valence-corrected chi connectivity index (χ1v) is 4.87. The van der Waals surface area contributed by atoms with Gasteiger partial charge in [-0.1, -0.05) is 20.8 Å². The van der Waals surface area contributed by atoms with Crippen molar-refractivity contribution < 1.29 is 4.74 Å². The van der Waals surface area contributed by atoms with Crippen LogP contribution in [0.1, 0.15) is 47.0 Å². The van der Waals surface area contributed by atoms with Gasteiger partial charge in [-0.3, -0.25) is 0 Å². The zero-order chi connectivity index (χ0) is 8.48. The van der Waals surface area contributed by atoms with Gasteiger partial charge in [0.1, 0.15) is 0 Å². The summed E-state index contributed by atoms with van der Waals surface area (Å²) in [7, 11) is 0. The summed E-state index contributed by atoms with van der Waals surface area (Å²) in [5.41, 5.74) is 0.303. The summed E-state index contributed by atoms with van der Waals surface area (Å²) in [6, 6.07) is 0. The van der Waals surface area contributed by atoms with Crippen molar-refractivity contribution in [1.82, 2.24) is 0 Å². The van der Waals surface area contributed by atoms with Crippen molar-refractivity contribution in [2.45, 2.75) is 58.7 Å². The third-order valence-electron chi connectivity index (χ3n) is 2.83. The van der Waals surface area contributed by atoms with Crippen LogP contribution in [0.3, 0.4) is 0 Å². The fourth-order valence-corrected chi connectivity index (χ4v) is 1.98. The summed E-state index contributed by atoms with van der Waals surface area (Å²) in [4.78, 5) is 0. The maximum absolute atomic E-state index is 5.67. The molecule has 0 aromatic carbocycles. The van der Waals surface area contributed by atoms with Gasteiger partial charge in [-0.25, -0.2) is 0 Å². The van der Waals surface area contributed by atoms with Crippen LogP contribution in [0, 0.1) is 5.92 Å². The van der Waals surface area contributed by atoms with Crippen molar-refractivity contribution in [3.8, 4) is 0 Å². The van der Waals surface area contributed by atoms with Crippen LogP contribution in [-0.2, 0) is 4.74 Å². The van der Waals surface area contributed by atoms with E-state index < -0.39 is 0 Å². The second-order valence-electron chi connectivity index (χ2n) is 3.83. The van der Waals surface area contributed by atoms with Gasteiger partial charge in [-0.2, -0.15) is 0 Å². The SMILES string of the molecule is CC.CC1CCC2(C)CC1O2. The summed E-state index contributed by atoms with van der Waals surface area (Å²) in [5.74, 6) is 0.826. The molecular weight excluding hydrogens is 136 g/mol. The maximum Gasteiger partial charge on any atom is 0.0683 e. The van der Waals surface area contributed by atoms with Gasteiger partial charge in [0.25, 0.3) is 0 Å². The molecule has 2 saturated heterocycles. The van der Waals surface area contributed by atoms with Crippen LogP contribution < -0.4 is 0 Å². The third-order valence-corrected chi connectivity index (χ3v) is 2.83. The minimum atomic E-state index is 0.303. The lowest BCUT2D eigenvalue weighted by Gasteiger charge is -2.53. The highest BCUT2D eigenvalue weighted by atomic mass is 16.5. The van der Waals surface area contributed by atoms with Crippen molar-refractivity contribution >= 4 is 0 Å². The van der Waals surface area contributed by atoms with E-state index in [2.05, 4.69) is 13.8 Å². The van der Waals surface area contributed by atoms with E-state index in [0.29, 0.717) is 11.7 Å². The molecule has 2 aliphatic heterocycles. The number of rotatable bonds is 0. The zero-order valence-corrected chi connectivity index (χ0v) is 8.18. The molecule has 0 amide bonds. The van der Waals surface area contributed by atoms with Gasteiger partial charge >= 0.3 is 0 Å². The van der Waals surface area contributed by atoms with Crippen molar-refractivity contribution in [3.05, 3.63) is 0 Å². The Kier molecular flexibility index (Phi) is 2.58. The highest BCUT2D eigenvalue weighted by Gasteiger charge is 2.47. The first-order chi connectivity index (χ1) is 5.20. The first kappa shape index (κ1) is 9.05. The zero-order valence-electron chi connectivity index (χ0n) is 8.18. The van der Waals surface area contributed by atoms with Crippen molar-refractivity contribution in [2.24, 2.45) is 5.92 Å². The highest BCUT2D eigenvalue weighted by Crippen LogP contribution is 2.46. The Morgan fingerprint density at radius 2 is 1.91 bits per heavy atom. The minimum absolute atomic E-state index is 0.303. The Labute approximate surface area is 70.1 Å². The van der Waals surface area contributed by atoms with E-state index in [1.54, 1.807) is 0 Å². The van der Waals surface area contributed by atoms with Crippen LogP contribution in [0.4, 0.5) is 0 Å². The predicted molar refractivity (Wildman–Crippen MR) is 47.6 cm³/mol. The Balaban J connectivity index is 0.000000281. The van der Waals surface area contributed by atoms with Crippen LogP contribution >= 0.6 is 0 Å². The summed E-state index contributed by atoms with van der Waals surface area (Å²) < 4.78 is 5.67. The molecule has 0 N–H and O–H groups in total. The molecule has 3 rings (SSSR count). The van der Waals surface area contributed by atoms with E-state index in [0.717, 1.165) is 5.92 Å². The minimum Gasteiger partial charge on any atom is -0.372 e. The van der Waals surface area contributed by atoms with Gasteiger partial charge in [0.05, 0.1) is 11.7 Å². The second kappa shape index (κ2) is 3.14. The molecule has 3 aliphatic rings. The van der Waals surface area contributed by atoms with Crippen LogP contribution in [0.15, 0.2) is 0 Å². The summed E-state index contributed by atoms with van der Waals surface area (Å²) in [6.45, 7) is 8.53. The average molecular weight is 156 g/mol.